The monoisotopic (exact) mass is 210 g/mol. The molecule has 0 spiro atoms. The van der Waals surface area contributed by atoms with Crippen LogP contribution in [0.4, 0.5) is 0 Å². The number of rotatable bonds is 0. The number of ether oxygens (including phenoxy) is 2. The van der Waals surface area contributed by atoms with E-state index in [0.717, 1.165) is 22.6 Å². The molecule has 0 aliphatic carbocycles. The summed E-state index contributed by atoms with van der Waals surface area (Å²) in [7, 11) is 0. The summed E-state index contributed by atoms with van der Waals surface area (Å²) in [6, 6.07) is 4.09. The maximum absolute atomic E-state index is 5.29. The quantitative estimate of drug-likeness (QED) is 0.642. The van der Waals surface area contributed by atoms with Gasteiger partial charge in [-0.05, 0) is 25.0 Å². The molecule has 86 valence electrons. The minimum absolute atomic E-state index is 0.362. The van der Waals surface area contributed by atoms with E-state index < -0.39 is 0 Å². The Balaban J connectivity index is 0.000000442. The maximum Gasteiger partial charge on any atom is 0.231 e. The number of hydrogen-bond acceptors (Lipinski definition) is 2. The SMILES string of the molecule is CC.CC.Cc1ccc(C)c2c1OCO2. The van der Waals surface area contributed by atoms with E-state index in [9.17, 15) is 0 Å². The minimum Gasteiger partial charge on any atom is -0.453 e. The van der Waals surface area contributed by atoms with Crippen LogP contribution in [0.5, 0.6) is 11.5 Å². The highest BCUT2D eigenvalue weighted by molar-refractivity contribution is 5.52. The molecule has 0 N–H and O–H groups in total. The summed E-state index contributed by atoms with van der Waals surface area (Å²) in [5.74, 6) is 1.81. The molecular formula is C13H22O2. The van der Waals surface area contributed by atoms with Crippen molar-refractivity contribution in [1.29, 1.82) is 0 Å². The zero-order valence-electron chi connectivity index (χ0n) is 10.7. The van der Waals surface area contributed by atoms with E-state index in [0.29, 0.717) is 6.79 Å². The minimum atomic E-state index is 0.362. The summed E-state index contributed by atoms with van der Waals surface area (Å²) in [5, 5.41) is 0. The lowest BCUT2D eigenvalue weighted by Crippen LogP contribution is -1.93. The van der Waals surface area contributed by atoms with Gasteiger partial charge in [0.1, 0.15) is 0 Å². The molecule has 0 radical (unpaired) electrons. The van der Waals surface area contributed by atoms with E-state index in [4.69, 9.17) is 9.47 Å². The first-order chi connectivity index (χ1) is 7.29. The van der Waals surface area contributed by atoms with E-state index in [1.807, 2.05) is 53.7 Å². The van der Waals surface area contributed by atoms with Crippen LogP contribution >= 0.6 is 0 Å². The Morgan fingerprint density at radius 2 is 1.13 bits per heavy atom. The first-order valence-corrected chi connectivity index (χ1v) is 5.65. The summed E-state index contributed by atoms with van der Waals surface area (Å²) < 4.78 is 10.6. The van der Waals surface area contributed by atoms with Crippen LogP contribution in [0.1, 0.15) is 38.8 Å². The molecule has 0 saturated heterocycles. The van der Waals surface area contributed by atoms with Gasteiger partial charge in [-0.15, -0.1) is 0 Å². The lowest BCUT2D eigenvalue weighted by atomic mass is 10.1. The van der Waals surface area contributed by atoms with E-state index in [1.165, 1.54) is 0 Å². The van der Waals surface area contributed by atoms with Crippen molar-refractivity contribution in [2.45, 2.75) is 41.5 Å². The molecule has 0 bridgehead atoms. The molecular weight excluding hydrogens is 188 g/mol. The zero-order valence-corrected chi connectivity index (χ0v) is 10.7. The normalized spacial score (nSPS) is 10.8. The van der Waals surface area contributed by atoms with E-state index in [2.05, 4.69) is 0 Å². The number of fused-ring (bicyclic) bond motifs is 1. The van der Waals surface area contributed by atoms with Gasteiger partial charge in [0.05, 0.1) is 0 Å². The second kappa shape index (κ2) is 7.16. The molecule has 0 saturated carbocycles. The number of hydrogen-bond donors (Lipinski definition) is 0. The average molecular weight is 210 g/mol. The van der Waals surface area contributed by atoms with E-state index >= 15 is 0 Å². The first kappa shape index (κ1) is 13.8. The average Bonchev–Trinajstić information content (AvgIpc) is 2.79. The molecule has 1 aromatic carbocycles. The molecule has 0 atom stereocenters. The summed E-state index contributed by atoms with van der Waals surface area (Å²) in [6.07, 6.45) is 0. The Labute approximate surface area is 93.2 Å². The third-order valence-corrected chi connectivity index (χ3v) is 1.91. The van der Waals surface area contributed by atoms with Crippen LogP contribution in [0, 0.1) is 13.8 Å². The Morgan fingerprint density at radius 1 is 0.800 bits per heavy atom. The fourth-order valence-electron chi connectivity index (χ4n) is 1.27. The van der Waals surface area contributed by atoms with Crippen molar-refractivity contribution < 1.29 is 9.47 Å². The van der Waals surface area contributed by atoms with Crippen LogP contribution < -0.4 is 9.47 Å². The summed E-state index contributed by atoms with van der Waals surface area (Å²) in [5.41, 5.74) is 2.28. The fourth-order valence-corrected chi connectivity index (χ4v) is 1.27. The maximum atomic E-state index is 5.29. The first-order valence-electron chi connectivity index (χ1n) is 5.65. The Kier molecular flexibility index (Phi) is 6.59. The predicted molar refractivity (Wildman–Crippen MR) is 64.7 cm³/mol. The highest BCUT2D eigenvalue weighted by Gasteiger charge is 2.17. The lowest BCUT2D eigenvalue weighted by molar-refractivity contribution is 0.173. The van der Waals surface area contributed by atoms with Gasteiger partial charge in [0.15, 0.2) is 11.5 Å². The highest BCUT2D eigenvalue weighted by Crippen LogP contribution is 2.37. The molecule has 1 aromatic rings. The highest BCUT2D eigenvalue weighted by atomic mass is 16.7. The van der Waals surface area contributed by atoms with Gasteiger partial charge < -0.3 is 9.47 Å². The molecule has 0 amide bonds. The largest absolute Gasteiger partial charge is 0.453 e. The predicted octanol–water partition coefficient (Wildman–Crippen LogP) is 4.08. The second-order valence-corrected chi connectivity index (χ2v) is 2.76. The van der Waals surface area contributed by atoms with Gasteiger partial charge in [0.25, 0.3) is 0 Å². The van der Waals surface area contributed by atoms with Gasteiger partial charge in [-0.2, -0.15) is 0 Å². The van der Waals surface area contributed by atoms with Crippen LogP contribution in [0.15, 0.2) is 12.1 Å². The lowest BCUT2D eigenvalue weighted by Gasteiger charge is -2.01. The Hall–Kier alpha value is -1.18. The van der Waals surface area contributed by atoms with Crippen molar-refractivity contribution in [1.82, 2.24) is 0 Å². The van der Waals surface area contributed by atoms with Crippen molar-refractivity contribution in [3.05, 3.63) is 23.3 Å². The Bertz CT molecular complexity index is 264. The van der Waals surface area contributed by atoms with Crippen LogP contribution in [0.2, 0.25) is 0 Å². The topological polar surface area (TPSA) is 18.5 Å². The molecule has 0 aromatic heterocycles. The van der Waals surface area contributed by atoms with E-state index in [1.54, 1.807) is 0 Å². The molecule has 1 aliphatic rings. The van der Waals surface area contributed by atoms with Gasteiger partial charge in [-0.3, -0.25) is 0 Å². The molecule has 0 fully saturated rings. The smallest absolute Gasteiger partial charge is 0.231 e. The van der Waals surface area contributed by atoms with Crippen molar-refractivity contribution in [2.24, 2.45) is 0 Å². The van der Waals surface area contributed by atoms with Crippen molar-refractivity contribution in [2.75, 3.05) is 6.79 Å². The van der Waals surface area contributed by atoms with Gasteiger partial charge in [0, 0.05) is 0 Å². The zero-order chi connectivity index (χ0) is 11.8. The Morgan fingerprint density at radius 3 is 1.47 bits per heavy atom. The van der Waals surface area contributed by atoms with E-state index in [-0.39, 0.29) is 0 Å². The van der Waals surface area contributed by atoms with Gasteiger partial charge in [0.2, 0.25) is 6.79 Å². The summed E-state index contributed by atoms with van der Waals surface area (Å²) >= 11 is 0. The second-order valence-electron chi connectivity index (χ2n) is 2.76. The van der Waals surface area contributed by atoms with Gasteiger partial charge in [-0.25, -0.2) is 0 Å². The van der Waals surface area contributed by atoms with Gasteiger partial charge >= 0.3 is 0 Å². The number of benzene rings is 1. The molecule has 0 unspecified atom stereocenters. The van der Waals surface area contributed by atoms with Crippen molar-refractivity contribution >= 4 is 0 Å². The molecule has 2 heteroatoms. The molecule has 1 aliphatic heterocycles. The number of aryl methyl sites for hydroxylation is 2. The standard InChI is InChI=1S/C9H10O2.2C2H6/c1-6-3-4-7(2)9-8(6)10-5-11-9;2*1-2/h3-4H,5H2,1-2H3;2*1-2H3. The third kappa shape index (κ3) is 3.15. The van der Waals surface area contributed by atoms with Crippen molar-refractivity contribution in [3.63, 3.8) is 0 Å². The van der Waals surface area contributed by atoms with Crippen LogP contribution in [0.25, 0.3) is 0 Å². The fraction of sp³-hybridized carbons (Fsp3) is 0.538. The molecule has 2 nitrogen and oxygen atoms in total. The van der Waals surface area contributed by atoms with Crippen LogP contribution in [-0.4, -0.2) is 6.79 Å². The summed E-state index contributed by atoms with van der Waals surface area (Å²) in [4.78, 5) is 0. The molecule has 2 rings (SSSR count). The van der Waals surface area contributed by atoms with Crippen LogP contribution in [-0.2, 0) is 0 Å². The molecule has 15 heavy (non-hydrogen) atoms. The third-order valence-electron chi connectivity index (χ3n) is 1.91. The van der Waals surface area contributed by atoms with Crippen molar-refractivity contribution in [3.8, 4) is 11.5 Å². The van der Waals surface area contributed by atoms with Gasteiger partial charge in [-0.1, -0.05) is 39.8 Å². The molecule has 1 heterocycles. The van der Waals surface area contributed by atoms with Crippen LogP contribution in [0.3, 0.4) is 0 Å². The summed E-state index contributed by atoms with van der Waals surface area (Å²) in [6.45, 7) is 12.4.